The first-order valence-electron chi connectivity index (χ1n) is 21.0. The number of nitrogens with zero attached hydrogens (tertiary/aromatic N) is 3. The molecule has 1 aromatic heterocycles. The van der Waals surface area contributed by atoms with Crippen molar-refractivity contribution in [2.75, 3.05) is 69.5 Å². The molecule has 4 aliphatic heterocycles. The minimum atomic E-state index is -1.02. The highest BCUT2D eigenvalue weighted by molar-refractivity contribution is 6.35. The lowest BCUT2D eigenvalue weighted by molar-refractivity contribution is -0.136. The van der Waals surface area contributed by atoms with Gasteiger partial charge in [-0.3, -0.25) is 48.7 Å². The quantitative estimate of drug-likeness (QED) is 0.0666. The third-order valence-electron chi connectivity index (χ3n) is 11.8. The smallest absolute Gasteiger partial charge is 0.264 e. The zero-order valence-corrected chi connectivity index (χ0v) is 34.5. The highest BCUT2D eigenvalue weighted by Crippen LogP contribution is 2.35. The molecule has 322 valence electrons. The van der Waals surface area contributed by atoms with Crippen molar-refractivity contribution < 1.29 is 38.0 Å². The molecule has 0 bridgehead atoms. The number of H-pyrrole nitrogens is 1. The predicted octanol–water partition coefficient (Wildman–Crippen LogP) is 3.19. The highest BCUT2D eigenvalue weighted by Gasteiger charge is 2.45. The molecule has 0 radical (unpaired) electrons. The molecule has 1 unspecified atom stereocenters. The lowest BCUT2D eigenvalue weighted by Gasteiger charge is -2.34. The van der Waals surface area contributed by atoms with E-state index in [-0.39, 0.29) is 41.7 Å². The number of rotatable bonds is 17. The van der Waals surface area contributed by atoms with Gasteiger partial charge in [0.05, 0.1) is 22.3 Å². The van der Waals surface area contributed by atoms with Gasteiger partial charge < -0.3 is 31.2 Å². The number of hydrogen-bond acceptors (Lipinski definition) is 10. The second-order valence-electron chi connectivity index (χ2n) is 15.9. The first-order chi connectivity index (χ1) is 29.4. The molecule has 7 amide bonds. The summed E-state index contributed by atoms with van der Waals surface area (Å²) in [6, 6.07) is 8.12. The second-order valence-corrected chi connectivity index (χ2v) is 15.9. The Balaban J connectivity index is 0.738. The van der Waals surface area contributed by atoms with Crippen LogP contribution in [0.5, 0.6) is 0 Å². The molecule has 61 heavy (non-hydrogen) atoms. The Morgan fingerprint density at radius 3 is 2.38 bits per heavy atom. The minimum Gasteiger partial charge on any atom is -0.384 e. The number of carbonyl (C=O) groups excluding carboxylic acids is 7. The van der Waals surface area contributed by atoms with Gasteiger partial charge in [-0.15, -0.1) is 0 Å². The molecule has 3 aromatic rings. The number of carbonyl (C=O) groups is 7. The SMILES string of the molecule is Cc1[nH]c(/C=C2\C(=O)Nc3ccc(F)cc32)c(C)c1C(=O)NCCCN1CCN(CCNC(=O)CCCCCNc2cccc3c2C(=O)N(C2CCC(=O)NC2=O)C3=O)CC1. The van der Waals surface area contributed by atoms with E-state index in [1.165, 1.54) is 18.2 Å². The maximum Gasteiger partial charge on any atom is 0.264 e. The van der Waals surface area contributed by atoms with E-state index in [2.05, 4.69) is 41.4 Å². The van der Waals surface area contributed by atoms with E-state index in [1.807, 2.05) is 13.8 Å². The molecule has 6 N–H and O–H groups in total. The molecule has 0 saturated carbocycles. The van der Waals surface area contributed by atoms with Crippen molar-refractivity contribution in [2.45, 2.75) is 64.8 Å². The topological polar surface area (TPSA) is 205 Å². The van der Waals surface area contributed by atoms with Crippen molar-refractivity contribution >= 4 is 64.4 Å². The molecule has 0 aliphatic carbocycles. The van der Waals surface area contributed by atoms with Gasteiger partial charge in [-0.2, -0.15) is 0 Å². The fourth-order valence-electron chi connectivity index (χ4n) is 8.45. The molecular weight excluding hydrogens is 786 g/mol. The number of nitrogens with one attached hydrogen (secondary N) is 6. The summed E-state index contributed by atoms with van der Waals surface area (Å²) in [5.41, 5.74) is 4.92. The molecule has 2 aromatic carbocycles. The maximum absolute atomic E-state index is 13.9. The van der Waals surface area contributed by atoms with E-state index in [4.69, 9.17) is 0 Å². The Hall–Kier alpha value is -6.20. The van der Waals surface area contributed by atoms with Gasteiger partial charge in [0.15, 0.2) is 0 Å². The second kappa shape index (κ2) is 19.0. The van der Waals surface area contributed by atoms with E-state index < -0.39 is 35.5 Å². The summed E-state index contributed by atoms with van der Waals surface area (Å²) in [6.07, 6.45) is 5.29. The lowest BCUT2D eigenvalue weighted by Crippen LogP contribution is -2.54. The Morgan fingerprint density at radius 1 is 0.836 bits per heavy atom. The predicted molar refractivity (Wildman–Crippen MR) is 226 cm³/mol. The first kappa shape index (κ1) is 42.9. The number of fused-ring (bicyclic) bond motifs is 2. The number of halogens is 1. The van der Waals surface area contributed by atoms with Crippen molar-refractivity contribution in [2.24, 2.45) is 0 Å². The average molecular weight is 838 g/mol. The number of amides is 7. The van der Waals surface area contributed by atoms with E-state index in [0.29, 0.717) is 77.5 Å². The van der Waals surface area contributed by atoms with Crippen LogP contribution in [0.1, 0.15) is 98.5 Å². The number of aromatic nitrogens is 1. The molecule has 2 fully saturated rings. The molecular formula is C44H52FN9O7. The molecule has 17 heteroatoms. The van der Waals surface area contributed by atoms with Crippen LogP contribution in [-0.4, -0.2) is 126 Å². The van der Waals surface area contributed by atoms with Gasteiger partial charge in [0.2, 0.25) is 17.7 Å². The van der Waals surface area contributed by atoms with E-state index >= 15 is 0 Å². The normalized spacial score (nSPS) is 18.6. The highest BCUT2D eigenvalue weighted by atomic mass is 19.1. The molecule has 0 spiro atoms. The van der Waals surface area contributed by atoms with Crippen LogP contribution < -0.4 is 26.6 Å². The van der Waals surface area contributed by atoms with Crippen molar-refractivity contribution in [1.29, 1.82) is 0 Å². The van der Waals surface area contributed by atoms with Gasteiger partial charge in [-0.1, -0.05) is 12.5 Å². The third-order valence-corrected chi connectivity index (χ3v) is 11.8. The fraction of sp³-hybridized carbons (Fsp3) is 0.432. The number of aromatic amines is 1. The summed E-state index contributed by atoms with van der Waals surface area (Å²) in [5, 5.41) is 14.3. The van der Waals surface area contributed by atoms with Gasteiger partial charge >= 0.3 is 0 Å². The summed E-state index contributed by atoms with van der Waals surface area (Å²) >= 11 is 0. The number of piperidine rings is 1. The number of piperazine rings is 1. The third kappa shape index (κ3) is 9.73. The molecule has 5 heterocycles. The maximum atomic E-state index is 13.9. The van der Waals surface area contributed by atoms with Gasteiger partial charge in [0, 0.05) is 93.5 Å². The van der Waals surface area contributed by atoms with Crippen LogP contribution in [0.4, 0.5) is 15.8 Å². The lowest BCUT2D eigenvalue weighted by atomic mass is 10.0. The molecule has 1 atom stereocenters. The number of benzene rings is 2. The fourth-order valence-corrected chi connectivity index (χ4v) is 8.45. The zero-order valence-electron chi connectivity index (χ0n) is 34.5. The van der Waals surface area contributed by atoms with E-state index in [0.717, 1.165) is 63.4 Å². The number of hydrogen-bond donors (Lipinski definition) is 6. The van der Waals surface area contributed by atoms with Crippen LogP contribution >= 0.6 is 0 Å². The summed E-state index contributed by atoms with van der Waals surface area (Å²) in [4.78, 5) is 97.5. The summed E-state index contributed by atoms with van der Waals surface area (Å²) < 4.78 is 13.9. The van der Waals surface area contributed by atoms with Crippen LogP contribution in [0.3, 0.4) is 0 Å². The van der Waals surface area contributed by atoms with E-state index in [1.54, 1.807) is 24.3 Å². The van der Waals surface area contributed by atoms with Gasteiger partial charge in [0.1, 0.15) is 11.9 Å². The van der Waals surface area contributed by atoms with Crippen molar-refractivity contribution in [3.05, 3.63) is 81.4 Å². The molecule has 4 aliphatic rings. The van der Waals surface area contributed by atoms with Gasteiger partial charge in [0.25, 0.3) is 23.6 Å². The Morgan fingerprint density at radius 2 is 1.61 bits per heavy atom. The average Bonchev–Trinajstić information content (AvgIpc) is 3.80. The van der Waals surface area contributed by atoms with Crippen molar-refractivity contribution in [3.63, 3.8) is 0 Å². The summed E-state index contributed by atoms with van der Waals surface area (Å²) in [7, 11) is 0. The van der Waals surface area contributed by atoms with Crippen LogP contribution in [0, 0.1) is 19.7 Å². The molecule has 7 rings (SSSR count). The van der Waals surface area contributed by atoms with Crippen LogP contribution in [0.15, 0.2) is 36.4 Å². The molecule has 2 saturated heterocycles. The van der Waals surface area contributed by atoms with E-state index in [9.17, 15) is 38.0 Å². The number of imide groups is 2. The van der Waals surface area contributed by atoms with Crippen LogP contribution in [0.25, 0.3) is 11.6 Å². The zero-order chi connectivity index (χ0) is 43.2. The Kier molecular flexibility index (Phi) is 13.4. The van der Waals surface area contributed by atoms with Gasteiger partial charge in [-0.25, -0.2) is 4.39 Å². The Bertz CT molecular complexity index is 2280. The van der Waals surface area contributed by atoms with Crippen molar-refractivity contribution in [1.82, 2.24) is 35.6 Å². The number of aryl methyl sites for hydroxylation is 1. The number of anilines is 2. The van der Waals surface area contributed by atoms with Crippen LogP contribution in [-0.2, 0) is 19.2 Å². The summed E-state index contributed by atoms with van der Waals surface area (Å²) in [5.74, 6) is -3.09. The first-order valence-corrected chi connectivity index (χ1v) is 21.0. The summed E-state index contributed by atoms with van der Waals surface area (Å²) in [6.45, 7) is 10.5. The number of unbranched alkanes of at least 4 members (excludes halogenated alkanes) is 2. The van der Waals surface area contributed by atoms with Crippen molar-refractivity contribution in [3.8, 4) is 0 Å². The monoisotopic (exact) mass is 837 g/mol. The van der Waals surface area contributed by atoms with Crippen LogP contribution in [0.2, 0.25) is 0 Å². The molecule has 16 nitrogen and oxygen atoms in total. The minimum absolute atomic E-state index is 0.00844. The van der Waals surface area contributed by atoms with Gasteiger partial charge in [-0.05, 0) is 88.0 Å². The largest absolute Gasteiger partial charge is 0.384 e. The standard InChI is InChI=1S/C44H52FN9O7/c1-26-34(25-31-30-24-28(45)11-12-32(30)50-40(31)57)49-27(2)38(26)42(59)48-16-7-18-52-20-22-53(23-21-52)19-17-47-36(55)10-4-3-5-15-46-33-9-6-8-29-39(33)44(61)54(43(29)60)35-13-14-37(56)51-41(35)58/h6,8-9,11-12,24-25,35,46,49H,3-5,7,10,13-23H2,1-2H3,(H,47,55)(H,48,59)(H,50,57)(H,51,56,58)/b31-25-. The Labute approximate surface area is 353 Å².